The van der Waals surface area contributed by atoms with Crippen LogP contribution < -0.4 is 20.7 Å². The Hall–Kier alpha value is -3.61. The number of benzene rings is 2. The lowest BCUT2D eigenvalue weighted by Crippen LogP contribution is -2.05. The highest BCUT2D eigenvalue weighted by atomic mass is 16.5. The van der Waals surface area contributed by atoms with Crippen molar-refractivity contribution in [3.63, 3.8) is 0 Å². The first kappa shape index (κ1) is 17.2. The predicted molar refractivity (Wildman–Crippen MR) is 102 cm³/mol. The third-order valence-corrected chi connectivity index (χ3v) is 3.51. The molecule has 0 aliphatic rings. The molecule has 0 saturated heterocycles. The number of methoxy groups -OCH3 is 1. The first-order valence-corrected chi connectivity index (χ1v) is 8.01. The Labute approximate surface area is 151 Å². The number of nitrogens with one attached hydrogen (secondary N) is 3. The zero-order valence-electron chi connectivity index (χ0n) is 14.5. The van der Waals surface area contributed by atoms with Crippen molar-refractivity contribution in [2.45, 2.75) is 6.92 Å². The standard InChI is InChI=1S/C19H19N5O2/c1-13(25)22-14-7-9-15(10-8-14)23-18-11-19(21-12-20-18)24-16-5-3-4-6-17(16)26-2/h3-12H,1-2H3,(H,22,25)(H2,20,21,23,24). The van der Waals surface area contributed by atoms with Crippen LogP contribution in [0.15, 0.2) is 60.9 Å². The summed E-state index contributed by atoms with van der Waals surface area (Å²) in [5.41, 5.74) is 2.41. The second kappa shape index (κ2) is 7.98. The molecule has 0 spiro atoms. The van der Waals surface area contributed by atoms with E-state index in [2.05, 4.69) is 25.9 Å². The second-order valence-electron chi connectivity index (χ2n) is 5.50. The molecule has 7 nitrogen and oxygen atoms in total. The van der Waals surface area contributed by atoms with Gasteiger partial charge >= 0.3 is 0 Å². The van der Waals surface area contributed by atoms with Gasteiger partial charge in [0.15, 0.2) is 0 Å². The van der Waals surface area contributed by atoms with E-state index in [0.29, 0.717) is 11.6 Å². The molecule has 1 aromatic heterocycles. The van der Waals surface area contributed by atoms with E-state index in [4.69, 9.17) is 4.74 Å². The highest BCUT2D eigenvalue weighted by molar-refractivity contribution is 5.88. The van der Waals surface area contributed by atoms with Crippen molar-refractivity contribution >= 4 is 34.6 Å². The van der Waals surface area contributed by atoms with Crippen LogP contribution in [0.3, 0.4) is 0 Å². The Bertz CT molecular complexity index is 896. The molecular weight excluding hydrogens is 330 g/mol. The summed E-state index contributed by atoms with van der Waals surface area (Å²) in [4.78, 5) is 19.5. The SMILES string of the molecule is COc1ccccc1Nc1cc(Nc2ccc(NC(C)=O)cc2)ncn1. The summed E-state index contributed by atoms with van der Waals surface area (Å²) in [6.45, 7) is 1.48. The van der Waals surface area contributed by atoms with Crippen LogP contribution in [0.2, 0.25) is 0 Å². The van der Waals surface area contributed by atoms with Crippen molar-refractivity contribution in [1.29, 1.82) is 0 Å². The number of ether oxygens (including phenoxy) is 1. The number of carbonyl (C=O) groups excluding carboxylic acids is 1. The van der Waals surface area contributed by atoms with Crippen LogP contribution >= 0.6 is 0 Å². The van der Waals surface area contributed by atoms with Gasteiger partial charge in [-0.15, -0.1) is 0 Å². The minimum Gasteiger partial charge on any atom is -0.495 e. The molecule has 0 aliphatic heterocycles. The molecular formula is C19H19N5O2. The lowest BCUT2D eigenvalue weighted by Gasteiger charge is -2.11. The molecule has 2 aromatic carbocycles. The van der Waals surface area contributed by atoms with E-state index in [1.165, 1.54) is 13.3 Å². The average molecular weight is 349 g/mol. The van der Waals surface area contributed by atoms with Gasteiger partial charge in [0.25, 0.3) is 0 Å². The molecule has 0 saturated carbocycles. The van der Waals surface area contributed by atoms with E-state index in [-0.39, 0.29) is 5.91 Å². The number of hydrogen-bond acceptors (Lipinski definition) is 6. The predicted octanol–water partition coefficient (Wildman–Crippen LogP) is 3.93. The Morgan fingerprint density at radius 1 is 0.923 bits per heavy atom. The number of carbonyl (C=O) groups is 1. The van der Waals surface area contributed by atoms with Crippen LogP contribution in [-0.2, 0) is 4.79 Å². The van der Waals surface area contributed by atoms with Gasteiger partial charge in [0, 0.05) is 24.4 Å². The summed E-state index contributed by atoms with van der Waals surface area (Å²) in [5, 5.41) is 9.15. The smallest absolute Gasteiger partial charge is 0.221 e. The fourth-order valence-electron chi connectivity index (χ4n) is 2.37. The van der Waals surface area contributed by atoms with E-state index >= 15 is 0 Å². The fourth-order valence-corrected chi connectivity index (χ4v) is 2.37. The minimum atomic E-state index is -0.103. The first-order valence-electron chi connectivity index (χ1n) is 8.01. The summed E-state index contributed by atoms with van der Waals surface area (Å²) in [6.07, 6.45) is 1.48. The summed E-state index contributed by atoms with van der Waals surface area (Å²) in [5.74, 6) is 1.91. The number of amides is 1. The van der Waals surface area contributed by atoms with Crippen LogP contribution in [0.4, 0.5) is 28.7 Å². The zero-order valence-corrected chi connectivity index (χ0v) is 14.5. The van der Waals surface area contributed by atoms with E-state index < -0.39 is 0 Å². The molecule has 0 fully saturated rings. The number of para-hydroxylation sites is 2. The molecule has 26 heavy (non-hydrogen) atoms. The fraction of sp³-hybridized carbons (Fsp3) is 0.105. The number of hydrogen-bond donors (Lipinski definition) is 3. The van der Waals surface area contributed by atoms with Crippen molar-refractivity contribution in [3.05, 3.63) is 60.9 Å². The van der Waals surface area contributed by atoms with Crippen LogP contribution in [0.1, 0.15) is 6.92 Å². The maximum absolute atomic E-state index is 11.1. The molecule has 3 aromatic rings. The number of nitrogens with zero attached hydrogens (tertiary/aromatic N) is 2. The van der Waals surface area contributed by atoms with Crippen LogP contribution in [-0.4, -0.2) is 23.0 Å². The van der Waals surface area contributed by atoms with Crippen molar-refractivity contribution in [3.8, 4) is 5.75 Å². The van der Waals surface area contributed by atoms with E-state index in [1.54, 1.807) is 13.2 Å². The third-order valence-electron chi connectivity index (χ3n) is 3.51. The Kier molecular flexibility index (Phi) is 5.28. The number of rotatable bonds is 6. The summed E-state index contributed by atoms with van der Waals surface area (Å²) >= 11 is 0. The Balaban J connectivity index is 1.72. The summed E-state index contributed by atoms with van der Waals surface area (Å²) < 4.78 is 5.33. The van der Waals surface area contributed by atoms with Gasteiger partial charge in [0.2, 0.25) is 5.91 Å². The topological polar surface area (TPSA) is 88.2 Å². The maximum atomic E-state index is 11.1. The first-order chi connectivity index (χ1) is 12.6. The average Bonchev–Trinajstić information content (AvgIpc) is 2.64. The normalized spacial score (nSPS) is 10.1. The molecule has 7 heteroatoms. The van der Waals surface area contributed by atoms with E-state index in [0.717, 1.165) is 22.8 Å². The van der Waals surface area contributed by atoms with Crippen LogP contribution in [0, 0.1) is 0 Å². The minimum absolute atomic E-state index is 0.103. The summed E-state index contributed by atoms with van der Waals surface area (Å²) in [7, 11) is 1.62. The molecule has 0 unspecified atom stereocenters. The zero-order chi connectivity index (χ0) is 18.4. The highest BCUT2D eigenvalue weighted by Gasteiger charge is 2.05. The van der Waals surface area contributed by atoms with Gasteiger partial charge in [-0.3, -0.25) is 4.79 Å². The van der Waals surface area contributed by atoms with Crippen LogP contribution in [0.25, 0.3) is 0 Å². The molecule has 1 heterocycles. The summed E-state index contributed by atoms with van der Waals surface area (Å²) in [6, 6.07) is 16.8. The quantitative estimate of drug-likeness (QED) is 0.625. The lowest BCUT2D eigenvalue weighted by atomic mass is 10.2. The largest absolute Gasteiger partial charge is 0.495 e. The lowest BCUT2D eigenvalue weighted by molar-refractivity contribution is -0.114. The third kappa shape index (κ3) is 4.47. The van der Waals surface area contributed by atoms with Gasteiger partial charge in [0.1, 0.15) is 23.7 Å². The van der Waals surface area contributed by atoms with Gasteiger partial charge in [0.05, 0.1) is 12.8 Å². The molecule has 0 radical (unpaired) electrons. The molecule has 132 valence electrons. The second-order valence-corrected chi connectivity index (χ2v) is 5.50. The van der Waals surface area contributed by atoms with Crippen molar-refractivity contribution in [2.75, 3.05) is 23.1 Å². The molecule has 3 N–H and O–H groups in total. The van der Waals surface area contributed by atoms with Gasteiger partial charge in [-0.2, -0.15) is 0 Å². The van der Waals surface area contributed by atoms with Crippen molar-refractivity contribution < 1.29 is 9.53 Å². The molecule has 0 bridgehead atoms. The number of aromatic nitrogens is 2. The van der Waals surface area contributed by atoms with Gasteiger partial charge in [-0.05, 0) is 36.4 Å². The maximum Gasteiger partial charge on any atom is 0.221 e. The van der Waals surface area contributed by atoms with Gasteiger partial charge in [-0.25, -0.2) is 9.97 Å². The van der Waals surface area contributed by atoms with Crippen LogP contribution in [0.5, 0.6) is 5.75 Å². The number of anilines is 5. The van der Waals surface area contributed by atoms with Gasteiger partial charge in [-0.1, -0.05) is 12.1 Å². The van der Waals surface area contributed by atoms with E-state index in [9.17, 15) is 4.79 Å². The molecule has 1 amide bonds. The van der Waals surface area contributed by atoms with Crippen molar-refractivity contribution in [1.82, 2.24) is 9.97 Å². The highest BCUT2D eigenvalue weighted by Crippen LogP contribution is 2.27. The Morgan fingerprint density at radius 2 is 1.58 bits per heavy atom. The van der Waals surface area contributed by atoms with Gasteiger partial charge < -0.3 is 20.7 Å². The monoisotopic (exact) mass is 349 g/mol. The molecule has 0 aliphatic carbocycles. The molecule has 3 rings (SSSR count). The van der Waals surface area contributed by atoms with Crippen molar-refractivity contribution in [2.24, 2.45) is 0 Å². The van der Waals surface area contributed by atoms with E-state index in [1.807, 2.05) is 48.5 Å². The molecule has 0 atom stereocenters. The Morgan fingerprint density at radius 3 is 2.27 bits per heavy atom.